The van der Waals surface area contributed by atoms with E-state index < -0.39 is 12.1 Å². The minimum Gasteiger partial charge on any atom is -0.475 e. The van der Waals surface area contributed by atoms with Gasteiger partial charge in [-0.15, -0.1) is 0 Å². The van der Waals surface area contributed by atoms with Crippen LogP contribution in [0.5, 0.6) is 0 Å². The van der Waals surface area contributed by atoms with Crippen molar-refractivity contribution in [1.29, 1.82) is 0 Å². The molecule has 10 heteroatoms. The molecule has 2 amide bonds. The molecule has 3 heterocycles. The third kappa shape index (κ3) is 5.63. The summed E-state index contributed by atoms with van der Waals surface area (Å²) < 4.78 is 37.2. The third-order valence-corrected chi connectivity index (χ3v) is 7.22. The minimum absolute atomic E-state index is 0.194. The van der Waals surface area contributed by atoms with Crippen LogP contribution in [0.2, 0.25) is 0 Å². The number of carboxylic acids is 1. The summed E-state index contributed by atoms with van der Waals surface area (Å²) in [5.41, 5.74) is 3.10. The van der Waals surface area contributed by atoms with E-state index in [4.69, 9.17) is 14.3 Å². The van der Waals surface area contributed by atoms with Gasteiger partial charge in [0.2, 0.25) is 0 Å². The van der Waals surface area contributed by atoms with E-state index >= 15 is 0 Å². The lowest BCUT2D eigenvalue weighted by Crippen LogP contribution is -2.49. The van der Waals surface area contributed by atoms with E-state index in [1.165, 1.54) is 11.1 Å². The molecule has 1 unspecified atom stereocenters. The van der Waals surface area contributed by atoms with Gasteiger partial charge in [-0.2, -0.15) is 13.2 Å². The van der Waals surface area contributed by atoms with Gasteiger partial charge in [-0.25, -0.2) is 9.59 Å². The van der Waals surface area contributed by atoms with E-state index in [2.05, 4.69) is 34.5 Å². The van der Waals surface area contributed by atoms with Crippen molar-refractivity contribution in [2.45, 2.75) is 56.3 Å². The maximum absolute atomic E-state index is 12.8. The number of carboxylic acid groups (broad SMARTS) is 1. The zero-order chi connectivity index (χ0) is 25.1. The molecule has 7 nitrogen and oxygen atoms in total. The Bertz CT molecular complexity index is 1010. The number of rotatable bonds is 3. The normalized spacial score (nSPS) is 20.9. The Morgan fingerprint density at radius 2 is 1.66 bits per heavy atom. The number of aliphatic carboxylic acids is 1. The van der Waals surface area contributed by atoms with Gasteiger partial charge in [-0.1, -0.05) is 24.3 Å². The van der Waals surface area contributed by atoms with E-state index in [1.54, 1.807) is 6.26 Å². The molecule has 0 bridgehead atoms. The van der Waals surface area contributed by atoms with E-state index in [9.17, 15) is 18.0 Å². The predicted molar refractivity (Wildman–Crippen MR) is 122 cm³/mol. The molecule has 1 aromatic heterocycles. The topological polar surface area (TPSA) is 86.0 Å². The number of piperidine rings is 1. The number of benzene rings is 1. The van der Waals surface area contributed by atoms with Gasteiger partial charge in [-0.3, -0.25) is 0 Å². The van der Waals surface area contributed by atoms with Crippen molar-refractivity contribution >= 4 is 12.0 Å². The first-order valence-electron chi connectivity index (χ1n) is 11.9. The van der Waals surface area contributed by atoms with Crippen LogP contribution in [-0.2, 0) is 16.8 Å². The molecule has 2 saturated heterocycles. The van der Waals surface area contributed by atoms with Crippen LogP contribution in [0.25, 0.3) is 0 Å². The summed E-state index contributed by atoms with van der Waals surface area (Å²) in [6, 6.07) is 13.4. The molecule has 35 heavy (non-hydrogen) atoms. The van der Waals surface area contributed by atoms with Crippen molar-refractivity contribution < 1.29 is 32.3 Å². The number of nitrogens with zero attached hydrogens (tertiary/aromatic N) is 2. The number of likely N-dealkylation sites (tertiary alicyclic amines) is 2. The molecule has 1 aromatic carbocycles. The number of alkyl halides is 3. The van der Waals surface area contributed by atoms with Crippen molar-refractivity contribution in [2.75, 3.05) is 26.2 Å². The van der Waals surface area contributed by atoms with E-state index in [1.807, 2.05) is 17.0 Å². The molecule has 3 aliphatic rings. The Balaban J connectivity index is 0.000000364. The highest BCUT2D eigenvalue weighted by Crippen LogP contribution is 2.50. The highest BCUT2D eigenvalue weighted by atomic mass is 19.4. The Labute approximate surface area is 201 Å². The first kappa shape index (κ1) is 25.1. The van der Waals surface area contributed by atoms with Crippen LogP contribution >= 0.6 is 0 Å². The number of urea groups is 1. The monoisotopic (exact) mass is 493 g/mol. The maximum atomic E-state index is 12.8. The van der Waals surface area contributed by atoms with Gasteiger partial charge in [-0.05, 0) is 55.4 Å². The summed E-state index contributed by atoms with van der Waals surface area (Å²) in [5, 5.41) is 10.8. The molecular formula is C25H30F3N3O4. The second-order valence-electron chi connectivity index (χ2n) is 9.35. The van der Waals surface area contributed by atoms with Crippen LogP contribution < -0.4 is 5.32 Å². The first-order valence-corrected chi connectivity index (χ1v) is 11.9. The average Bonchev–Trinajstić information content (AvgIpc) is 3.60. The summed E-state index contributed by atoms with van der Waals surface area (Å²) in [7, 11) is 0. The molecule has 2 aromatic rings. The van der Waals surface area contributed by atoms with Crippen molar-refractivity contribution in [3.05, 3.63) is 59.5 Å². The summed E-state index contributed by atoms with van der Waals surface area (Å²) >= 11 is 0. The summed E-state index contributed by atoms with van der Waals surface area (Å²) in [6.07, 6.45) is 2.18. The number of nitrogens with one attached hydrogen (secondary N) is 1. The summed E-state index contributed by atoms with van der Waals surface area (Å²) in [6.45, 7) is 4.36. The van der Waals surface area contributed by atoms with Crippen LogP contribution in [0.15, 0.2) is 47.1 Å². The maximum Gasteiger partial charge on any atom is 0.490 e. The molecule has 0 saturated carbocycles. The summed E-state index contributed by atoms with van der Waals surface area (Å²) in [4.78, 5) is 25.8. The quantitative estimate of drug-likeness (QED) is 0.648. The van der Waals surface area contributed by atoms with E-state index in [0.29, 0.717) is 6.04 Å². The van der Waals surface area contributed by atoms with Crippen LogP contribution in [0, 0.1) is 0 Å². The Morgan fingerprint density at radius 1 is 1.03 bits per heavy atom. The highest BCUT2D eigenvalue weighted by molar-refractivity contribution is 5.75. The predicted octanol–water partition coefficient (Wildman–Crippen LogP) is 4.70. The molecule has 5 rings (SSSR count). The standard InChI is InChI=1S/C23H29N3O2.C2HF3O2/c27-22(25-11-3-4-12-25)26-13-9-23(10-14-26)16-21(19-7-1-2-8-20(19)23)24-17-18-6-5-15-28-18;3-2(4,5)1(6)7/h1-2,5-8,15,21,24H,3-4,9-14,16-17H2;(H,6,7). The van der Waals surface area contributed by atoms with Gasteiger partial charge in [0.05, 0.1) is 12.8 Å². The van der Waals surface area contributed by atoms with Gasteiger partial charge in [0.25, 0.3) is 0 Å². The van der Waals surface area contributed by atoms with Crippen LogP contribution in [0.3, 0.4) is 0 Å². The van der Waals surface area contributed by atoms with Crippen LogP contribution in [0.1, 0.15) is 55.0 Å². The number of fused-ring (bicyclic) bond motifs is 2. The van der Waals surface area contributed by atoms with E-state index in [0.717, 1.165) is 70.6 Å². The molecule has 190 valence electrons. The molecule has 1 atom stereocenters. The molecule has 1 spiro atoms. The van der Waals surface area contributed by atoms with Crippen molar-refractivity contribution in [3.8, 4) is 0 Å². The number of furan rings is 1. The smallest absolute Gasteiger partial charge is 0.475 e. The number of hydrogen-bond donors (Lipinski definition) is 2. The number of carbonyl (C=O) groups excluding carboxylic acids is 1. The fourth-order valence-electron chi connectivity index (χ4n) is 5.42. The Hall–Kier alpha value is -3.01. The number of hydrogen-bond acceptors (Lipinski definition) is 4. The molecule has 0 radical (unpaired) electrons. The zero-order valence-electron chi connectivity index (χ0n) is 19.4. The second kappa shape index (κ2) is 10.3. The average molecular weight is 494 g/mol. The lowest BCUT2D eigenvalue weighted by Gasteiger charge is -2.41. The number of halogens is 3. The molecule has 2 N–H and O–H groups in total. The highest BCUT2D eigenvalue weighted by Gasteiger charge is 2.46. The Kier molecular flexibility index (Phi) is 7.39. The Morgan fingerprint density at radius 3 is 2.26 bits per heavy atom. The number of carbonyl (C=O) groups is 2. The van der Waals surface area contributed by atoms with Crippen molar-refractivity contribution in [3.63, 3.8) is 0 Å². The molecule has 1 aliphatic carbocycles. The molecular weight excluding hydrogens is 463 g/mol. The fourth-order valence-corrected chi connectivity index (χ4v) is 5.42. The van der Waals surface area contributed by atoms with Gasteiger partial charge in [0.15, 0.2) is 0 Å². The second-order valence-corrected chi connectivity index (χ2v) is 9.35. The van der Waals surface area contributed by atoms with E-state index in [-0.39, 0.29) is 11.4 Å². The summed E-state index contributed by atoms with van der Waals surface area (Å²) in [5.74, 6) is -1.78. The van der Waals surface area contributed by atoms with Gasteiger partial charge in [0, 0.05) is 37.6 Å². The van der Waals surface area contributed by atoms with Crippen LogP contribution in [-0.4, -0.2) is 59.3 Å². The van der Waals surface area contributed by atoms with Crippen LogP contribution in [0.4, 0.5) is 18.0 Å². The largest absolute Gasteiger partial charge is 0.490 e. The lowest BCUT2D eigenvalue weighted by atomic mass is 9.73. The van der Waals surface area contributed by atoms with Crippen molar-refractivity contribution in [2.24, 2.45) is 0 Å². The van der Waals surface area contributed by atoms with Crippen molar-refractivity contribution in [1.82, 2.24) is 15.1 Å². The lowest BCUT2D eigenvalue weighted by molar-refractivity contribution is -0.192. The van der Waals surface area contributed by atoms with Gasteiger partial charge < -0.3 is 24.6 Å². The molecule has 2 aliphatic heterocycles. The van der Waals surface area contributed by atoms with Gasteiger partial charge >= 0.3 is 18.2 Å². The number of amides is 2. The fraction of sp³-hybridized carbons (Fsp3) is 0.520. The van der Waals surface area contributed by atoms with Gasteiger partial charge in [0.1, 0.15) is 5.76 Å². The molecule has 2 fully saturated rings. The zero-order valence-corrected chi connectivity index (χ0v) is 19.4. The SMILES string of the molecule is O=C(N1CCCC1)N1CCC2(CC1)CC(NCc1ccco1)c1ccccc12.O=C(O)C(F)(F)F. The first-order chi connectivity index (χ1) is 16.7. The minimum atomic E-state index is -5.08. The third-order valence-electron chi connectivity index (χ3n) is 7.22.